The lowest BCUT2D eigenvalue weighted by atomic mass is 10.1. The SMILES string of the molecule is CCc1noc(C)c1C(=O)N(C)Cc1ccc(N(C)C)cc1. The normalized spacial score (nSPS) is 10.6. The fraction of sp³-hybridized carbons (Fsp3) is 0.412. The Balaban J connectivity index is 2.12. The van der Waals surface area contributed by atoms with Crippen LogP contribution in [0.5, 0.6) is 0 Å². The molecule has 0 atom stereocenters. The summed E-state index contributed by atoms with van der Waals surface area (Å²) >= 11 is 0. The molecular weight excluding hydrogens is 278 g/mol. The van der Waals surface area contributed by atoms with E-state index in [9.17, 15) is 4.79 Å². The van der Waals surface area contributed by atoms with E-state index in [4.69, 9.17) is 4.52 Å². The van der Waals surface area contributed by atoms with Crippen molar-refractivity contribution in [2.24, 2.45) is 0 Å². The highest BCUT2D eigenvalue weighted by atomic mass is 16.5. The maximum absolute atomic E-state index is 12.6. The minimum Gasteiger partial charge on any atom is -0.378 e. The largest absolute Gasteiger partial charge is 0.378 e. The van der Waals surface area contributed by atoms with E-state index < -0.39 is 0 Å². The van der Waals surface area contributed by atoms with Crippen LogP contribution in [0.1, 0.15) is 34.3 Å². The summed E-state index contributed by atoms with van der Waals surface area (Å²) < 4.78 is 5.15. The number of rotatable bonds is 5. The monoisotopic (exact) mass is 301 g/mol. The summed E-state index contributed by atoms with van der Waals surface area (Å²) in [5, 5.41) is 3.95. The molecule has 0 unspecified atom stereocenters. The second kappa shape index (κ2) is 6.64. The van der Waals surface area contributed by atoms with E-state index in [2.05, 4.69) is 17.3 Å². The van der Waals surface area contributed by atoms with Gasteiger partial charge in [0.15, 0.2) is 0 Å². The minimum atomic E-state index is -0.0488. The zero-order valence-electron chi connectivity index (χ0n) is 13.9. The Morgan fingerprint density at radius 1 is 1.18 bits per heavy atom. The molecule has 2 rings (SSSR count). The number of benzene rings is 1. The fourth-order valence-corrected chi connectivity index (χ4v) is 2.37. The van der Waals surface area contributed by atoms with Crippen LogP contribution in [0.4, 0.5) is 5.69 Å². The van der Waals surface area contributed by atoms with Gasteiger partial charge >= 0.3 is 0 Å². The number of aryl methyl sites for hydroxylation is 2. The van der Waals surface area contributed by atoms with Crippen LogP contribution in [0.15, 0.2) is 28.8 Å². The Labute approximate surface area is 131 Å². The lowest BCUT2D eigenvalue weighted by Crippen LogP contribution is -2.27. The maximum atomic E-state index is 12.6. The fourth-order valence-electron chi connectivity index (χ4n) is 2.37. The molecule has 0 bridgehead atoms. The van der Waals surface area contributed by atoms with Crippen LogP contribution >= 0.6 is 0 Å². The zero-order valence-corrected chi connectivity index (χ0v) is 13.9. The van der Waals surface area contributed by atoms with Crippen molar-refractivity contribution in [2.75, 3.05) is 26.0 Å². The molecule has 1 aromatic heterocycles. The molecule has 0 N–H and O–H groups in total. The second-order valence-corrected chi connectivity index (χ2v) is 5.64. The van der Waals surface area contributed by atoms with Crippen molar-refractivity contribution in [3.05, 3.63) is 46.8 Å². The third kappa shape index (κ3) is 3.30. The lowest BCUT2D eigenvalue weighted by molar-refractivity contribution is 0.0782. The van der Waals surface area contributed by atoms with Gasteiger partial charge in [0, 0.05) is 33.4 Å². The Morgan fingerprint density at radius 3 is 2.36 bits per heavy atom. The van der Waals surface area contributed by atoms with Crippen LogP contribution in [-0.4, -0.2) is 37.1 Å². The highest BCUT2D eigenvalue weighted by Crippen LogP contribution is 2.18. The van der Waals surface area contributed by atoms with Gasteiger partial charge in [0.2, 0.25) is 0 Å². The van der Waals surface area contributed by atoms with E-state index in [1.54, 1.807) is 18.9 Å². The van der Waals surface area contributed by atoms with Crippen LogP contribution in [0.25, 0.3) is 0 Å². The summed E-state index contributed by atoms with van der Waals surface area (Å²) in [5.74, 6) is 0.531. The third-order valence-electron chi connectivity index (χ3n) is 3.70. The summed E-state index contributed by atoms with van der Waals surface area (Å²) in [6.45, 7) is 4.30. The number of hydrogen-bond donors (Lipinski definition) is 0. The first kappa shape index (κ1) is 16.1. The van der Waals surface area contributed by atoms with E-state index in [0.717, 1.165) is 16.9 Å². The quantitative estimate of drug-likeness (QED) is 0.852. The molecule has 1 aromatic carbocycles. The lowest BCUT2D eigenvalue weighted by Gasteiger charge is -2.18. The summed E-state index contributed by atoms with van der Waals surface area (Å²) in [6.07, 6.45) is 0.684. The zero-order chi connectivity index (χ0) is 16.3. The molecule has 5 nitrogen and oxygen atoms in total. The first-order chi connectivity index (χ1) is 10.4. The van der Waals surface area contributed by atoms with E-state index in [1.807, 2.05) is 38.1 Å². The number of amides is 1. The van der Waals surface area contributed by atoms with Gasteiger partial charge in [-0.25, -0.2) is 0 Å². The molecule has 0 aliphatic carbocycles. The second-order valence-electron chi connectivity index (χ2n) is 5.64. The van der Waals surface area contributed by atoms with Gasteiger partial charge in [-0.1, -0.05) is 24.2 Å². The third-order valence-corrected chi connectivity index (χ3v) is 3.70. The van der Waals surface area contributed by atoms with Crippen LogP contribution in [0.3, 0.4) is 0 Å². The first-order valence-corrected chi connectivity index (χ1v) is 7.41. The minimum absolute atomic E-state index is 0.0488. The van der Waals surface area contributed by atoms with Crippen molar-refractivity contribution in [3.8, 4) is 0 Å². The van der Waals surface area contributed by atoms with Gasteiger partial charge in [-0.2, -0.15) is 0 Å². The molecule has 5 heteroatoms. The topological polar surface area (TPSA) is 49.6 Å². The Kier molecular flexibility index (Phi) is 4.85. The molecule has 0 radical (unpaired) electrons. The van der Waals surface area contributed by atoms with Crippen LogP contribution in [-0.2, 0) is 13.0 Å². The standard InChI is InChI=1S/C17H23N3O2/c1-6-15-16(12(2)22-18-15)17(21)20(5)11-13-7-9-14(10-8-13)19(3)4/h7-10H,6,11H2,1-5H3. The number of aromatic nitrogens is 1. The molecule has 118 valence electrons. The number of hydrogen-bond acceptors (Lipinski definition) is 4. The average molecular weight is 301 g/mol. The summed E-state index contributed by atoms with van der Waals surface area (Å²) in [7, 11) is 5.81. The van der Waals surface area contributed by atoms with Crippen LogP contribution in [0.2, 0.25) is 0 Å². The molecule has 0 spiro atoms. The number of nitrogens with zero attached hydrogens (tertiary/aromatic N) is 3. The Hall–Kier alpha value is -2.30. The van der Waals surface area contributed by atoms with Gasteiger partial charge < -0.3 is 14.3 Å². The molecule has 0 aliphatic heterocycles. The van der Waals surface area contributed by atoms with Crippen molar-refractivity contribution in [3.63, 3.8) is 0 Å². The Morgan fingerprint density at radius 2 is 1.82 bits per heavy atom. The van der Waals surface area contributed by atoms with Crippen LogP contribution < -0.4 is 4.90 Å². The summed E-state index contributed by atoms with van der Waals surface area (Å²) in [5.41, 5.74) is 3.54. The van der Waals surface area contributed by atoms with E-state index in [1.165, 1.54) is 0 Å². The van der Waals surface area contributed by atoms with Crippen molar-refractivity contribution in [2.45, 2.75) is 26.8 Å². The highest BCUT2D eigenvalue weighted by Gasteiger charge is 2.22. The molecule has 1 heterocycles. The molecular formula is C17H23N3O2. The Bertz CT molecular complexity index is 644. The van der Waals surface area contributed by atoms with Gasteiger partial charge in [-0.05, 0) is 31.0 Å². The molecule has 2 aromatic rings. The van der Waals surface area contributed by atoms with Crippen molar-refractivity contribution in [1.29, 1.82) is 0 Å². The van der Waals surface area contributed by atoms with Gasteiger partial charge in [-0.3, -0.25) is 4.79 Å². The average Bonchev–Trinajstić information content (AvgIpc) is 2.87. The van der Waals surface area contributed by atoms with Crippen molar-refractivity contribution >= 4 is 11.6 Å². The predicted octanol–water partition coefficient (Wildman–Crippen LogP) is 2.88. The van der Waals surface area contributed by atoms with E-state index >= 15 is 0 Å². The predicted molar refractivity (Wildman–Crippen MR) is 87.2 cm³/mol. The van der Waals surface area contributed by atoms with Crippen molar-refractivity contribution < 1.29 is 9.32 Å². The number of anilines is 1. The van der Waals surface area contributed by atoms with Crippen LogP contribution in [0, 0.1) is 6.92 Å². The molecule has 0 aliphatic rings. The smallest absolute Gasteiger partial charge is 0.259 e. The number of carbonyl (C=O) groups is 1. The van der Waals surface area contributed by atoms with Crippen molar-refractivity contribution in [1.82, 2.24) is 10.1 Å². The molecule has 0 fully saturated rings. The van der Waals surface area contributed by atoms with Gasteiger partial charge in [-0.15, -0.1) is 0 Å². The number of carbonyl (C=O) groups excluding carboxylic acids is 1. The first-order valence-electron chi connectivity index (χ1n) is 7.41. The van der Waals surface area contributed by atoms with E-state index in [-0.39, 0.29) is 5.91 Å². The van der Waals surface area contributed by atoms with Gasteiger partial charge in [0.05, 0.1) is 5.69 Å². The van der Waals surface area contributed by atoms with Gasteiger partial charge in [0.25, 0.3) is 5.91 Å². The molecule has 22 heavy (non-hydrogen) atoms. The molecule has 1 amide bonds. The van der Waals surface area contributed by atoms with Gasteiger partial charge in [0.1, 0.15) is 11.3 Å². The van der Waals surface area contributed by atoms with E-state index in [0.29, 0.717) is 24.3 Å². The maximum Gasteiger partial charge on any atom is 0.259 e. The summed E-state index contributed by atoms with van der Waals surface area (Å²) in [6, 6.07) is 8.19. The summed E-state index contributed by atoms with van der Waals surface area (Å²) in [4.78, 5) is 16.3. The highest BCUT2D eigenvalue weighted by molar-refractivity contribution is 5.96. The molecule has 0 saturated heterocycles. The molecule has 0 saturated carbocycles.